The standard InChI is InChI=1S/C3H7NOS/c1-2-3-5-6-4/h2H,1,3-4H2. The normalized spacial score (nSPS) is 8.17. The van der Waals surface area contributed by atoms with Gasteiger partial charge in [0.1, 0.15) is 0 Å². The lowest BCUT2D eigenvalue weighted by molar-refractivity contribution is 0.430. The van der Waals surface area contributed by atoms with Crippen LogP contribution in [0.25, 0.3) is 0 Å². The molecule has 2 nitrogen and oxygen atoms in total. The third-order valence-electron chi connectivity index (χ3n) is 0.254. The molecule has 0 aliphatic rings. The molecule has 0 spiro atoms. The summed E-state index contributed by atoms with van der Waals surface area (Å²) in [6, 6.07) is 0. The predicted molar refractivity (Wildman–Crippen MR) is 27.9 cm³/mol. The lowest BCUT2D eigenvalue weighted by Gasteiger charge is -1.85. The molecule has 0 radical (unpaired) electrons. The highest BCUT2D eigenvalue weighted by Gasteiger charge is 1.69. The second kappa shape index (κ2) is 5.01. The van der Waals surface area contributed by atoms with E-state index in [-0.39, 0.29) is 0 Å². The van der Waals surface area contributed by atoms with Crippen LogP contribution < -0.4 is 5.14 Å². The zero-order chi connectivity index (χ0) is 4.83. The van der Waals surface area contributed by atoms with E-state index in [4.69, 9.17) is 5.14 Å². The summed E-state index contributed by atoms with van der Waals surface area (Å²) in [6.07, 6.45) is 1.64. The minimum absolute atomic E-state index is 0.515. The number of hydrogen-bond acceptors (Lipinski definition) is 3. The van der Waals surface area contributed by atoms with E-state index in [9.17, 15) is 0 Å². The maximum atomic E-state index is 4.86. The first-order valence-electron chi connectivity index (χ1n) is 1.51. The summed E-state index contributed by atoms with van der Waals surface area (Å²) in [5.41, 5.74) is 0. The SMILES string of the molecule is C=CCOSN. The Balaban J connectivity index is 2.49. The fraction of sp³-hybridized carbons (Fsp3) is 0.333. The second-order valence-electron chi connectivity index (χ2n) is 0.669. The average Bonchev–Trinajstić information content (AvgIpc) is 1.61. The Hall–Kier alpha value is 0.01000. The van der Waals surface area contributed by atoms with Crippen molar-refractivity contribution < 1.29 is 4.18 Å². The lowest BCUT2D eigenvalue weighted by Crippen LogP contribution is -1.83. The fourth-order valence-corrected chi connectivity index (χ4v) is 0.262. The van der Waals surface area contributed by atoms with Crippen molar-refractivity contribution in [3.8, 4) is 0 Å². The predicted octanol–water partition coefficient (Wildman–Crippen LogP) is 0.711. The van der Waals surface area contributed by atoms with Gasteiger partial charge in [-0.25, -0.2) is 0 Å². The molecule has 0 aliphatic carbocycles. The number of nitrogens with two attached hydrogens (primary N) is 1. The van der Waals surface area contributed by atoms with Gasteiger partial charge in [0.05, 0.1) is 18.8 Å². The molecule has 0 aromatic heterocycles. The lowest BCUT2D eigenvalue weighted by atomic mass is 10.7. The highest BCUT2D eigenvalue weighted by atomic mass is 32.2. The summed E-state index contributed by atoms with van der Waals surface area (Å²) >= 11 is 0.855. The molecule has 0 aromatic rings. The van der Waals surface area contributed by atoms with Crippen LogP contribution in [-0.4, -0.2) is 6.61 Å². The molecule has 0 aromatic carbocycles. The van der Waals surface area contributed by atoms with Crippen LogP contribution in [0, 0.1) is 0 Å². The molecule has 0 saturated heterocycles. The highest BCUT2D eigenvalue weighted by molar-refractivity contribution is 7.92. The van der Waals surface area contributed by atoms with Crippen molar-refractivity contribution in [2.75, 3.05) is 6.61 Å². The van der Waals surface area contributed by atoms with Crippen LogP contribution in [0.2, 0.25) is 0 Å². The van der Waals surface area contributed by atoms with E-state index < -0.39 is 0 Å². The van der Waals surface area contributed by atoms with Gasteiger partial charge in [-0.2, -0.15) is 0 Å². The van der Waals surface area contributed by atoms with E-state index in [0.29, 0.717) is 6.61 Å². The van der Waals surface area contributed by atoms with Gasteiger partial charge in [-0.3, -0.25) is 9.32 Å². The van der Waals surface area contributed by atoms with Crippen LogP contribution in [-0.2, 0) is 4.18 Å². The van der Waals surface area contributed by atoms with Gasteiger partial charge in [0, 0.05) is 0 Å². The summed E-state index contributed by atoms with van der Waals surface area (Å²) in [4.78, 5) is 0. The molecule has 0 saturated carbocycles. The number of rotatable bonds is 3. The zero-order valence-corrected chi connectivity index (χ0v) is 4.20. The van der Waals surface area contributed by atoms with Crippen LogP contribution in [0.4, 0.5) is 0 Å². The van der Waals surface area contributed by atoms with Crippen molar-refractivity contribution >= 4 is 12.2 Å². The molecule has 6 heavy (non-hydrogen) atoms. The summed E-state index contributed by atoms with van der Waals surface area (Å²) in [5.74, 6) is 0. The van der Waals surface area contributed by atoms with E-state index in [1.165, 1.54) is 0 Å². The highest BCUT2D eigenvalue weighted by Crippen LogP contribution is 1.85. The Morgan fingerprint density at radius 1 is 2.00 bits per heavy atom. The Morgan fingerprint density at radius 2 is 2.67 bits per heavy atom. The van der Waals surface area contributed by atoms with Crippen molar-refractivity contribution in [1.29, 1.82) is 0 Å². The van der Waals surface area contributed by atoms with Gasteiger partial charge >= 0.3 is 0 Å². The van der Waals surface area contributed by atoms with E-state index in [1.54, 1.807) is 6.08 Å². The topological polar surface area (TPSA) is 35.2 Å². The average molecular weight is 105 g/mol. The van der Waals surface area contributed by atoms with Gasteiger partial charge < -0.3 is 0 Å². The van der Waals surface area contributed by atoms with Crippen molar-refractivity contribution in [3.63, 3.8) is 0 Å². The van der Waals surface area contributed by atoms with E-state index in [0.717, 1.165) is 12.2 Å². The molecule has 0 atom stereocenters. The van der Waals surface area contributed by atoms with E-state index in [2.05, 4.69) is 10.8 Å². The van der Waals surface area contributed by atoms with Crippen LogP contribution in [0.5, 0.6) is 0 Å². The van der Waals surface area contributed by atoms with Crippen molar-refractivity contribution in [1.82, 2.24) is 0 Å². The Morgan fingerprint density at radius 3 is 2.83 bits per heavy atom. The summed E-state index contributed by atoms with van der Waals surface area (Å²) < 4.78 is 4.56. The van der Waals surface area contributed by atoms with E-state index in [1.807, 2.05) is 0 Å². The molecule has 3 heteroatoms. The Kier molecular flexibility index (Phi) is 5.02. The van der Waals surface area contributed by atoms with Gasteiger partial charge in [0.25, 0.3) is 0 Å². The zero-order valence-electron chi connectivity index (χ0n) is 3.39. The quantitative estimate of drug-likeness (QED) is 0.248. The van der Waals surface area contributed by atoms with Gasteiger partial charge in [-0.05, 0) is 0 Å². The molecule has 36 valence electrons. The van der Waals surface area contributed by atoms with Crippen LogP contribution >= 0.6 is 12.2 Å². The minimum atomic E-state index is 0.515. The van der Waals surface area contributed by atoms with Crippen LogP contribution in [0.1, 0.15) is 0 Å². The smallest absolute Gasteiger partial charge is 0.0807 e. The van der Waals surface area contributed by atoms with Crippen molar-refractivity contribution in [2.24, 2.45) is 5.14 Å². The first-order chi connectivity index (χ1) is 2.91. The molecule has 2 N–H and O–H groups in total. The second-order valence-corrected chi connectivity index (χ2v) is 1.10. The first-order valence-corrected chi connectivity index (χ1v) is 2.31. The molecule has 0 heterocycles. The van der Waals surface area contributed by atoms with Gasteiger partial charge in [0.15, 0.2) is 0 Å². The Bertz CT molecular complexity index is 39.8. The Labute approximate surface area is 41.7 Å². The van der Waals surface area contributed by atoms with Gasteiger partial charge in [0.2, 0.25) is 0 Å². The first kappa shape index (κ1) is 6.01. The molecular weight excluding hydrogens is 98.1 g/mol. The maximum Gasteiger partial charge on any atom is 0.0807 e. The molecule has 0 amide bonds. The summed E-state index contributed by atoms with van der Waals surface area (Å²) in [6.45, 7) is 3.92. The molecule has 0 fully saturated rings. The van der Waals surface area contributed by atoms with Gasteiger partial charge in [-0.15, -0.1) is 6.58 Å². The molecule has 0 rings (SSSR count). The third-order valence-corrected chi connectivity index (χ3v) is 0.526. The van der Waals surface area contributed by atoms with Crippen molar-refractivity contribution in [2.45, 2.75) is 0 Å². The molecule has 0 bridgehead atoms. The molecule has 0 aliphatic heterocycles. The maximum absolute atomic E-state index is 4.86. The van der Waals surface area contributed by atoms with E-state index >= 15 is 0 Å². The monoisotopic (exact) mass is 105 g/mol. The minimum Gasteiger partial charge on any atom is -0.297 e. The number of hydrogen-bond donors (Lipinski definition) is 1. The molecule has 0 unspecified atom stereocenters. The third kappa shape index (κ3) is 4.01. The largest absolute Gasteiger partial charge is 0.297 e. The van der Waals surface area contributed by atoms with Crippen LogP contribution in [0.3, 0.4) is 0 Å². The fourth-order valence-electron chi connectivity index (χ4n) is 0.0874. The molecular formula is C3H7NOS. The summed E-state index contributed by atoms with van der Waals surface area (Å²) in [5, 5.41) is 4.86. The van der Waals surface area contributed by atoms with Crippen molar-refractivity contribution in [3.05, 3.63) is 12.7 Å². The summed E-state index contributed by atoms with van der Waals surface area (Å²) in [7, 11) is 0. The van der Waals surface area contributed by atoms with Crippen LogP contribution in [0.15, 0.2) is 12.7 Å². The van der Waals surface area contributed by atoms with Gasteiger partial charge in [-0.1, -0.05) is 6.08 Å².